The van der Waals surface area contributed by atoms with Crippen molar-refractivity contribution in [1.29, 1.82) is 0 Å². The maximum atomic E-state index is 11.3. The molecule has 116 valence electrons. The van der Waals surface area contributed by atoms with Crippen molar-refractivity contribution >= 4 is 12.0 Å². The number of rotatable bonds is 6. The van der Waals surface area contributed by atoms with Crippen molar-refractivity contribution < 1.29 is 19.0 Å². The van der Waals surface area contributed by atoms with Gasteiger partial charge in [-0.3, -0.25) is 0 Å². The van der Waals surface area contributed by atoms with Gasteiger partial charge in [-0.05, 0) is 57.4 Å². The van der Waals surface area contributed by atoms with Crippen molar-refractivity contribution in [3.63, 3.8) is 0 Å². The van der Waals surface area contributed by atoms with Gasteiger partial charge in [0.1, 0.15) is 0 Å². The first-order valence-electron chi connectivity index (χ1n) is 7.13. The molecule has 0 bridgehead atoms. The summed E-state index contributed by atoms with van der Waals surface area (Å²) in [6.45, 7) is 11.0. The summed E-state index contributed by atoms with van der Waals surface area (Å²) in [4.78, 5) is 11.3. The molecule has 0 aliphatic rings. The van der Waals surface area contributed by atoms with Gasteiger partial charge < -0.3 is 14.2 Å². The van der Waals surface area contributed by atoms with Crippen LogP contribution in [0.1, 0.15) is 36.1 Å². The molecule has 0 saturated heterocycles. The van der Waals surface area contributed by atoms with Gasteiger partial charge in [-0.2, -0.15) is 0 Å². The highest BCUT2D eigenvalue weighted by Crippen LogP contribution is 2.40. The normalized spacial score (nSPS) is 10.8. The molecule has 0 atom stereocenters. The van der Waals surface area contributed by atoms with E-state index in [-0.39, 0.29) is 5.97 Å². The number of carbonyl (C=O) groups excluding carboxylic acids is 1. The number of hydrogen-bond acceptors (Lipinski definition) is 4. The van der Waals surface area contributed by atoms with Crippen LogP contribution in [-0.2, 0) is 9.53 Å². The zero-order chi connectivity index (χ0) is 16.0. The summed E-state index contributed by atoms with van der Waals surface area (Å²) in [5.74, 6) is 1.15. The van der Waals surface area contributed by atoms with Crippen LogP contribution >= 0.6 is 0 Å². The molecule has 0 unspecified atom stereocenters. The topological polar surface area (TPSA) is 44.8 Å². The van der Waals surface area contributed by atoms with Crippen LogP contribution in [0.5, 0.6) is 11.5 Å². The van der Waals surface area contributed by atoms with Crippen molar-refractivity contribution in [2.24, 2.45) is 0 Å². The number of benzene rings is 1. The smallest absolute Gasteiger partial charge is 0.330 e. The first-order valence-corrected chi connectivity index (χ1v) is 7.13. The maximum absolute atomic E-state index is 11.3. The highest BCUT2D eigenvalue weighted by atomic mass is 16.5. The van der Waals surface area contributed by atoms with Crippen LogP contribution in [0.4, 0.5) is 0 Å². The van der Waals surface area contributed by atoms with Crippen LogP contribution in [0.3, 0.4) is 0 Å². The van der Waals surface area contributed by atoms with E-state index in [1.54, 1.807) is 6.08 Å². The molecule has 0 radical (unpaired) electrons. The lowest BCUT2D eigenvalue weighted by Gasteiger charge is -2.20. The second kappa shape index (κ2) is 7.72. The summed E-state index contributed by atoms with van der Waals surface area (Å²) in [7, 11) is 1.36. The second-order valence-electron chi connectivity index (χ2n) is 4.67. The number of ether oxygens (including phenoxy) is 3. The predicted octanol–water partition coefficient (Wildman–Crippen LogP) is 3.60. The molecule has 0 N–H and O–H groups in total. The van der Waals surface area contributed by atoms with Crippen molar-refractivity contribution in [1.82, 2.24) is 0 Å². The Morgan fingerprint density at radius 1 is 0.952 bits per heavy atom. The Kier molecular flexibility index (Phi) is 6.28. The third kappa shape index (κ3) is 3.78. The van der Waals surface area contributed by atoms with Gasteiger partial charge in [-0.25, -0.2) is 4.79 Å². The van der Waals surface area contributed by atoms with Crippen molar-refractivity contribution in [3.8, 4) is 11.5 Å². The molecule has 1 aromatic rings. The van der Waals surface area contributed by atoms with E-state index in [0.29, 0.717) is 13.2 Å². The summed E-state index contributed by atoms with van der Waals surface area (Å²) in [5, 5.41) is 0. The van der Waals surface area contributed by atoms with Crippen molar-refractivity contribution in [2.45, 2.75) is 34.6 Å². The Bertz CT molecular complexity index is 544. The van der Waals surface area contributed by atoms with Gasteiger partial charge >= 0.3 is 5.97 Å². The van der Waals surface area contributed by atoms with E-state index in [1.165, 1.54) is 13.2 Å². The van der Waals surface area contributed by atoms with E-state index >= 15 is 0 Å². The molecule has 0 spiro atoms. The molecule has 1 rings (SSSR count). The minimum atomic E-state index is -0.377. The first kappa shape index (κ1) is 17.1. The Morgan fingerprint density at radius 2 is 1.48 bits per heavy atom. The monoisotopic (exact) mass is 292 g/mol. The minimum absolute atomic E-state index is 0.377. The fraction of sp³-hybridized carbons (Fsp3) is 0.471. The van der Waals surface area contributed by atoms with Crippen LogP contribution in [0.25, 0.3) is 6.08 Å². The molecule has 0 saturated carbocycles. The average Bonchev–Trinajstić information content (AvgIpc) is 2.48. The average molecular weight is 292 g/mol. The Balaban J connectivity index is 3.45. The van der Waals surface area contributed by atoms with Gasteiger partial charge in [-0.15, -0.1) is 0 Å². The molecule has 0 aliphatic heterocycles. The molecule has 0 fully saturated rings. The summed E-state index contributed by atoms with van der Waals surface area (Å²) >= 11 is 0. The quantitative estimate of drug-likeness (QED) is 0.593. The van der Waals surface area contributed by atoms with Gasteiger partial charge in [-0.1, -0.05) is 0 Å². The molecule has 0 amide bonds. The van der Waals surface area contributed by atoms with Crippen LogP contribution in [0.2, 0.25) is 0 Å². The van der Waals surface area contributed by atoms with Crippen molar-refractivity contribution in [2.75, 3.05) is 20.3 Å². The standard InChI is InChI=1S/C17H24O4/c1-7-20-16-12(4)11(3)14(9-10-15(18)19-6)13(5)17(16)21-8-2/h9-10H,7-8H2,1-6H3/b10-9+. The van der Waals surface area contributed by atoms with E-state index in [2.05, 4.69) is 4.74 Å². The molecule has 4 nitrogen and oxygen atoms in total. The highest BCUT2D eigenvalue weighted by molar-refractivity contribution is 5.88. The Hall–Kier alpha value is -1.97. The van der Waals surface area contributed by atoms with E-state index in [1.807, 2.05) is 34.6 Å². The Labute approximate surface area is 126 Å². The largest absolute Gasteiger partial charge is 0.490 e. The molecule has 21 heavy (non-hydrogen) atoms. The summed E-state index contributed by atoms with van der Waals surface area (Å²) < 4.78 is 16.1. The molecule has 0 aliphatic carbocycles. The van der Waals surface area contributed by atoms with Crippen LogP contribution in [0, 0.1) is 20.8 Å². The third-order valence-electron chi connectivity index (χ3n) is 3.42. The zero-order valence-corrected chi connectivity index (χ0v) is 13.7. The minimum Gasteiger partial charge on any atom is -0.490 e. The molecule has 0 aromatic heterocycles. The fourth-order valence-electron chi connectivity index (χ4n) is 2.22. The maximum Gasteiger partial charge on any atom is 0.330 e. The lowest BCUT2D eigenvalue weighted by atomic mass is 9.95. The number of esters is 1. The van der Waals surface area contributed by atoms with E-state index < -0.39 is 0 Å². The number of carbonyl (C=O) groups is 1. The summed E-state index contributed by atoms with van der Waals surface area (Å²) in [6, 6.07) is 0. The van der Waals surface area contributed by atoms with Gasteiger partial charge in [0.2, 0.25) is 0 Å². The number of methoxy groups -OCH3 is 1. The van der Waals surface area contributed by atoms with Gasteiger partial charge in [0.25, 0.3) is 0 Å². The molecule has 4 heteroatoms. The van der Waals surface area contributed by atoms with Crippen LogP contribution in [0.15, 0.2) is 6.08 Å². The highest BCUT2D eigenvalue weighted by Gasteiger charge is 2.18. The lowest BCUT2D eigenvalue weighted by Crippen LogP contribution is -2.05. The fourth-order valence-corrected chi connectivity index (χ4v) is 2.22. The second-order valence-corrected chi connectivity index (χ2v) is 4.67. The van der Waals surface area contributed by atoms with Crippen molar-refractivity contribution in [3.05, 3.63) is 28.3 Å². The lowest BCUT2D eigenvalue weighted by molar-refractivity contribution is -0.134. The van der Waals surface area contributed by atoms with E-state index in [0.717, 1.165) is 33.8 Å². The molecular formula is C17H24O4. The molecule has 1 aromatic carbocycles. The summed E-state index contributed by atoms with van der Waals surface area (Å²) in [6.07, 6.45) is 3.19. The zero-order valence-electron chi connectivity index (χ0n) is 13.7. The summed E-state index contributed by atoms with van der Waals surface area (Å²) in [5.41, 5.74) is 4.02. The van der Waals surface area contributed by atoms with E-state index in [9.17, 15) is 4.79 Å². The predicted molar refractivity (Wildman–Crippen MR) is 84.0 cm³/mol. The van der Waals surface area contributed by atoms with Crippen LogP contribution in [-0.4, -0.2) is 26.3 Å². The SMILES string of the molecule is CCOc1c(C)c(C)c(/C=C/C(=O)OC)c(C)c1OCC. The Morgan fingerprint density at radius 3 is 1.95 bits per heavy atom. The van der Waals surface area contributed by atoms with E-state index in [4.69, 9.17) is 9.47 Å². The number of hydrogen-bond donors (Lipinski definition) is 0. The molecule has 0 heterocycles. The van der Waals surface area contributed by atoms with Gasteiger partial charge in [0.15, 0.2) is 11.5 Å². The van der Waals surface area contributed by atoms with Crippen LogP contribution < -0.4 is 9.47 Å². The van der Waals surface area contributed by atoms with Gasteiger partial charge in [0, 0.05) is 11.6 Å². The third-order valence-corrected chi connectivity index (χ3v) is 3.42. The van der Waals surface area contributed by atoms with Gasteiger partial charge in [0.05, 0.1) is 20.3 Å². The first-order chi connectivity index (χ1) is 9.97. The molecular weight excluding hydrogens is 268 g/mol.